The second-order valence-electron chi connectivity index (χ2n) is 5.96. The lowest BCUT2D eigenvalue weighted by Gasteiger charge is -2.23. The van der Waals surface area contributed by atoms with Crippen molar-refractivity contribution in [1.82, 2.24) is 0 Å². The first kappa shape index (κ1) is 15.7. The summed E-state index contributed by atoms with van der Waals surface area (Å²) >= 11 is 0. The Balaban J connectivity index is 1.96. The Labute approximate surface area is 148 Å². The Morgan fingerprint density at radius 2 is 1.27 bits per heavy atom. The summed E-state index contributed by atoms with van der Waals surface area (Å²) in [7, 11) is 0. The van der Waals surface area contributed by atoms with Gasteiger partial charge in [0.05, 0.1) is 27.9 Å². The van der Waals surface area contributed by atoms with E-state index in [1.807, 2.05) is 30.3 Å². The average Bonchev–Trinajstić information content (AvgIpc) is 2.63. The summed E-state index contributed by atoms with van der Waals surface area (Å²) < 4.78 is 0. The van der Waals surface area contributed by atoms with Gasteiger partial charge in [0.1, 0.15) is 11.5 Å². The smallest absolute Gasteiger partial charge is 0.202 e. The molecule has 0 fully saturated rings. The molecule has 128 valence electrons. The third-order valence-corrected chi connectivity index (χ3v) is 4.36. The molecular weight excluding hydrogens is 332 g/mol. The highest BCUT2D eigenvalue weighted by Gasteiger charge is 2.37. The standard InChI is InChI=1S/C20H14N2O4/c21-11-6-8-13(23)17-15(11)19(25)16-12(22-10-4-2-1-3-5-10)7-9-14(24)18(16)20(17)26/h1-9,22-24H,21H2. The second kappa shape index (κ2) is 5.63. The molecule has 5 N–H and O–H groups in total. The van der Waals surface area contributed by atoms with Crippen molar-refractivity contribution >= 4 is 28.6 Å². The first-order valence-corrected chi connectivity index (χ1v) is 7.88. The molecule has 3 aromatic rings. The number of aromatic hydroxyl groups is 2. The summed E-state index contributed by atoms with van der Waals surface area (Å²) in [5.41, 5.74) is 6.72. The predicted octanol–water partition coefficient (Wildman–Crippen LogP) is 3.20. The van der Waals surface area contributed by atoms with E-state index in [1.165, 1.54) is 24.3 Å². The monoisotopic (exact) mass is 346 g/mol. The van der Waals surface area contributed by atoms with E-state index in [0.29, 0.717) is 5.69 Å². The molecular formula is C20H14N2O4. The molecule has 3 aromatic carbocycles. The van der Waals surface area contributed by atoms with Gasteiger partial charge in [-0.25, -0.2) is 0 Å². The Kier molecular flexibility index (Phi) is 3.40. The van der Waals surface area contributed by atoms with Crippen LogP contribution in [0.1, 0.15) is 31.8 Å². The Bertz CT molecular complexity index is 1070. The Hall–Kier alpha value is -3.80. The predicted molar refractivity (Wildman–Crippen MR) is 97.2 cm³/mol. The Morgan fingerprint density at radius 1 is 0.692 bits per heavy atom. The summed E-state index contributed by atoms with van der Waals surface area (Å²) in [6.07, 6.45) is 0. The van der Waals surface area contributed by atoms with Crippen molar-refractivity contribution in [3.63, 3.8) is 0 Å². The van der Waals surface area contributed by atoms with Crippen LogP contribution in [0.5, 0.6) is 11.5 Å². The van der Waals surface area contributed by atoms with Gasteiger partial charge in [0.2, 0.25) is 5.78 Å². The number of rotatable bonds is 2. The normalized spacial score (nSPS) is 12.5. The zero-order chi connectivity index (χ0) is 18.4. The number of carbonyl (C=O) groups excluding carboxylic acids is 2. The molecule has 26 heavy (non-hydrogen) atoms. The minimum atomic E-state index is -0.645. The van der Waals surface area contributed by atoms with Crippen LogP contribution >= 0.6 is 0 Å². The van der Waals surface area contributed by atoms with Gasteiger partial charge < -0.3 is 21.3 Å². The van der Waals surface area contributed by atoms with Crippen molar-refractivity contribution in [2.75, 3.05) is 11.1 Å². The third kappa shape index (κ3) is 2.20. The van der Waals surface area contributed by atoms with Crippen LogP contribution < -0.4 is 11.1 Å². The maximum atomic E-state index is 13.1. The van der Waals surface area contributed by atoms with Gasteiger partial charge in [-0.15, -0.1) is 0 Å². The van der Waals surface area contributed by atoms with Gasteiger partial charge in [-0.1, -0.05) is 18.2 Å². The van der Waals surface area contributed by atoms with E-state index in [2.05, 4.69) is 5.32 Å². The highest BCUT2D eigenvalue weighted by Crippen LogP contribution is 2.42. The van der Waals surface area contributed by atoms with Gasteiger partial charge >= 0.3 is 0 Å². The number of hydrogen-bond acceptors (Lipinski definition) is 6. The highest BCUT2D eigenvalue weighted by atomic mass is 16.3. The number of anilines is 3. The van der Waals surface area contributed by atoms with Crippen LogP contribution in [-0.4, -0.2) is 21.8 Å². The summed E-state index contributed by atoms with van der Waals surface area (Å²) in [6, 6.07) is 14.6. The van der Waals surface area contributed by atoms with E-state index in [-0.39, 0.29) is 39.4 Å². The fourth-order valence-corrected chi connectivity index (χ4v) is 3.17. The van der Waals surface area contributed by atoms with Crippen molar-refractivity contribution in [3.8, 4) is 11.5 Å². The molecule has 0 saturated carbocycles. The number of nitrogen functional groups attached to an aromatic ring is 1. The number of para-hydroxylation sites is 1. The largest absolute Gasteiger partial charge is 0.507 e. The van der Waals surface area contributed by atoms with E-state index in [1.54, 1.807) is 0 Å². The van der Waals surface area contributed by atoms with Gasteiger partial charge in [-0.3, -0.25) is 9.59 Å². The minimum Gasteiger partial charge on any atom is -0.507 e. The van der Waals surface area contributed by atoms with Crippen LogP contribution in [0.25, 0.3) is 0 Å². The van der Waals surface area contributed by atoms with Crippen LogP contribution in [0.2, 0.25) is 0 Å². The number of nitrogens with two attached hydrogens (primary N) is 1. The molecule has 0 aliphatic heterocycles. The number of ketones is 2. The van der Waals surface area contributed by atoms with Crippen molar-refractivity contribution in [2.45, 2.75) is 0 Å². The molecule has 6 heteroatoms. The fourth-order valence-electron chi connectivity index (χ4n) is 3.17. The van der Waals surface area contributed by atoms with Crippen LogP contribution in [0.3, 0.4) is 0 Å². The van der Waals surface area contributed by atoms with Crippen LogP contribution in [0.4, 0.5) is 17.1 Å². The van der Waals surface area contributed by atoms with Crippen molar-refractivity contribution < 1.29 is 19.8 Å². The summed E-state index contributed by atoms with van der Waals surface area (Å²) in [6.45, 7) is 0. The van der Waals surface area contributed by atoms with Gasteiger partial charge in [-0.2, -0.15) is 0 Å². The molecule has 0 saturated heterocycles. The van der Waals surface area contributed by atoms with E-state index in [4.69, 9.17) is 5.73 Å². The lowest BCUT2D eigenvalue weighted by atomic mass is 9.81. The lowest BCUT2D eigenvalue weighted by molar-refractivity contribution is 0.0975. The molecule has 0 bridgehead atoms. The molecule has 0 heterocycles. The molecule has 0 amide bonds. The zero-order valence-electron chi connectivity index (χ0n) is 13.5. The summed E-state index contributed by atoms with van der Waals surface area (Å²) in [5, 5.41) is 23.4. The number of phenolic OH excluding ortho intramolecular Hbond substituents is 2. The summed E-state index contributed by atoms with van der Waals surface area (Å²) in [5.74, 6) is -1.85. The molecule has 4 rings (SSSR count). The quantitative estimate of drug-likeness (QED) is 0.327. The number of nitrogens with one attached hydrogen (secondary N) is 1. The minimum absolute atomic E-state index is 0.0312. The maximum absolute atomic E-state index is 13.1. The van der Waals surface area contributed by atoms with Crippen molar-refractivity contribution in [2.24, 2.45) is 0 Å². The molecule has 0 radical (unpaired) electrons. The summed E-state index contributed by atoms with van der Waals surface area (Å²) in [4.78, 5) is 26.0. The zero-order valence-corrected chi connectivity index (χ0v) is 13.5. The maximum Gasteiger partial charge on any atom is 0.202 e. The molecule has 0 unspecified atom stereocenters. The molecule has 6 nitrogen and oxygen atoms in total. The molecule has 0 atom stereocenters. The first-order valence-electron chi connectivity index (χ1n) is 7.88. The Morgan fingerprint density at radius 3 is 1.96 bits per heavy atom. The third-order valence-electron chi connectivity index (χ3n) is 4.36. The first-order chi connectivity index (χ1) is 12.5. The number of hydrogen-bond donors (Lipinski definition) is 4. The molecule has 1 aliphatic carbocycles. The topological polar surface area (TPSA) is 113 Å². The fraction of sp³-hybridized carbons (Fsp3) is 0. The van der Waals surface area contributed by atoms with Gasteiger partial charge in [0.25, 0.3) is 0 Å². The van der Waals surface area contributed by atoms with E-state index in [0.717, 1.165) is 5.69 Å². The SMILES string of the molecule is Nc1ccc(O)c2c1C(=O)c1c(Nc3ccccc3)ccc(O)c1C2=O. The molecule has 1 aliphatic rings. The second-order valence-corrected chi connectivity index (χ2v) is 5.96. The van der Waals surface area contributed by atoms with Crippen LogP contribution in [-0.2, 0) is 0 Å². The number of benzene rings is 3. The van der Waals surface area contributed by atoms with Crippen molar-refractivity contribution in [1.29, 1.82) is 0 Å². The van der Waals surface area contributed by atoms with E-state index < -0.39 is 11.6 Å². The van der Waals surface area contributed by atoms with Gasteiger partial charge in [0, 0.05) is 11.4 Å². The molecule has 0 aromatic heterocycles. The number of carbonyl (C=O) groups is 2. The van der Waals surface area contributed by atoms with Crippen LogP contribution in [0.15, 0.2) is 54.6 Å². The van der Waals surface area contributed by atoms with Crippen LogP contribution in [0, 0.1) is 0 Å². The molecule has 0 spiro atoms. The van der Waals surface area contributed by atoms with E-state index >= 15 is 0 Å². The van der Waals surface area contributed by atoms with Gasteiger partial charge in [-0.05, 0) is 36.4 Å². The van der Waals surface area contributed by atoms with Crippen molar-refractivity contribution in [3.05, 3.63) is 76.9 Å². The average molecular weight is 346 g/mol. The van der Waals surface area contributed by atoms with E-state index in [9.17, 15) is 19.8 Å². The van der Waals surface area contributed by atoms with Gasteiger partial charge in [0.15, 0.2) is 5.78 Å². The lowest BCUT2D eigenvalue weighted by Crippen LogP contribution is -2.24. The number of fused-ring (bicyclic) bond motifs is 2. The number of phenols is 2. The highest BCUT2D eigenvalue weighted by molar-refractivity contribution is 6.33.